The highest BCUT2D eigenvalue weighted by Crippen LogP contribution is 2.22. The Hall–Kier alpha value is -1.52. The first-order chi connectivity index (χ1) is 14.4. The fourth-order valence-electron chi connectivity index (χ4n) is 3.86. The summed E-state index contributed by atoms with van der Waals surface area (Å²) in [5.74, 6) is 0.188. The molecule has 30 heavy (non-hydrogen) atoms. The second kappa shape index (κ2) is 10.7. The van der Waals surface area contributed by atoms with Gasteiger partial charge in [0.15, 0.2) is 0 Å². The summed E-state index contributed by atoms with van der Waals surface area (Å²) in [6.45, 7) is 8.87. The van der Waals surface area contributed by atoms with E-state index in [4.69, 9.17) is 9.47 Å². The Bertz CT molecular complexity index is 787. The van der Waals surface area contributed by atoms with Gasteiger partial charge >= 0.3 is 0 Å². The smallest absolute Gasteiger partial charge is 0.251 e. The van der Waals surface area contributed by atoms with E-state index in [0.717, 1.165) is 26.1 Å². The van der Waals surface area contributed by atoms with Crippen LogP contribution in [-0.2, 0) is 19.5 Å². The first-order valence-corrected chi connectivity index (χ1v) is 12.2. The number of hydrogen-bond donors (Lipinski definition) is 2. The molecule has 0 aromatic heterocycles. The molecule has 3 rings (SSSR count). The van der Waals surface area contributed by atoms with Crippen molar-refractivity contribution in [1.82, 2.24) is 14.9 Å². The molecule has 3 atom stereocenters. The van der Waals surface area contributed by atoms with E-state index in [2.05, 4.69) is 14.9 Å². The molecule has 0 saturated carbocycles. The number of carbonyl (C=O) groups is 1. The Morgan fingerprint density at radius 2 is 1.87 bits per heavy atom. The highest BCUT2D eigenvalue weighted by atomic mass is 32.2. The zero-order chi connectivity index (χ0) is 21.6. The summed E-state index contributed by atoms with van der Waals surface area (Å²) in [4.78, 5) is 15.2. The van der Waals surface area contributed by atoms with Gasteiger partial charge in [-0.25, -0.2) is 13.1 Å². The van der Waals surface area contributed by atoms with Crippen LogP contribution in [0.15, 0.2) is 29.2 Å². The van der Waals surface area contributed by atoms with Crippen LogP contribution in [0.2, 0.25) is 0 Å². The van der Waals surface area contributed by atoms with E-state index in [0.29, 0.717) is 44.3 Å². The third-order valence-corrected chi connectivity index (χ3v) is 7.50. The standard InChI is InChI=1S/C21H33N3O5S/c1-3-16(2)23-30(26,27)19-6-4-17(5-7-19)21(25)22-14-20(18-8-11-29-15-18)24-9-12-28-13-10-24/h4-7,16,18,20,23H,3,8-15H2,1-2H3,(H,22,25). The van der Waals surface area contributed by atoms with E-state index < -0.39 is 10.0 Å². The van der Waals surface area contributed by atoms with Gasteiger partial charge in [0.1, 0.15) is 0 Å². The summed E-state index contributed by atoms with van der Waals surface area (Å²) in [7, 11) is -3.58. The van der Waals surface area contributed by atoms with Gasteiger partial charge in [-0.3, -0.25) is 9.69 Å². The molecule has 1 amide bonds. The van der Waals surface area contributed by atoms with Crippen LogP contribution >= 0.6 is 0 Å². The number of rotatable bonds is 9. The minimum absolute atomic E-state index is 0.144. The molecule has 0 spiro atoms. The van der Waals surface area contributed by atoms with Crippen LogP contribution in [0.4, 0.5) is 0 Å². The van der Waals surface area contributed by atoms with Gasteiger partial charge in [0.25, 0.3) is 5.91 Å². The molecule has 2 aliphatic rings. The van der Waals surface area contributed by atoms with Crippen LogP contribution < -0.4 is 10.0 Å². The Kier molecular flexibility index (Phi) is 8.24. The molecule has 0 radical (unpaired) electrons. The summed E-state index contributed by atoms with van der Waals surface area (Å²) in [6.07, 6.45) is 1.70. The molecule has 168 valence electrons. The lowest BCUT2D eigenvalue weighted by Crippen LogP contribution is -2.52. The van der Waals surface area contributed by atoms with E-state index >= 15 is 0 Å². The van der Waals surface area contributed by atoms with Crippen molar-refractivity contribution in [1.29, 1.82) is 0 Å². The maximum Gasteiger partial charge on any atom is 0.251 e. The van der Waals surface area contributed by atoms with Crippen LogP contribution in [-0.4, -0.2) is 77.4 Å². The van der Waals surface area contributed by atoms with Crippen molar-refractivity contribution in [2.24, 2.45) is 5.92 Å². The number of morpholine rings is 1. The van der Waals surface area contributed by atoms with Crippen LogP contribution in [0.25, 0.3) is 0 Å². The predicted molar refractivity (Wildman–Crippen MR) is 114 cm³/mol. The number of hydrogen-bond acceptors (Lipinski definition) is 6. The Morgan fingerprint density at radius 1 is 1.17 bits per heavy atom. The van der Waals surface area contributed by atoms with Crippen molar-refractivity contribution < 1.29 is 22.7 Å². The van der Waals surface area contributed by atoms with Crippen molar-refractivity contribution in [3.05, 3.63) is 29.8 Å². The molecule has 3 unspecified atom stereocenters. The van der Waals surface area contributed by atoms with E-state index in [-0.39, 0.29) is 22.9 Å². The van der Waals surface area contributed by atoms with Gasteiger partial charge in [0, 0.05) is 49.8 Å². The topological polar surface area (TPSA) is 97.0 Å². The summed E-state index contributed by atoms with van der Waals surface area (Å²) < 4.78 is 38.4. The van der Waals surface area contributed by atoms with E-state index in [1.54, 1.807) is 12.1 Å². The maximum absolute atomic E-state index is 12.7. The maximum atomic E-state index is 12.7. The third-order valence-electron chi connectivity index (χ3n) is 5.89. The number of sulfonamides is 1. The Labute approximate surface area is 179 Å². The van der Waals surface area contributed by atoms with Gasteiger partial charge in [-0.2, -0.15) is 0 Å². The number of benzene rings is 1. The molecule has 1 aromatic rings. The number of nitrogens with one attached hydrogen (secondary N) is 2. The van der Waals surface area contributed by atoms with E-state index in [1.165, 1.54) is 12.1 Å². The number of nitrogens with zero attached hydrogens (tertiary/aromatic N) is 1. The molecule has 2 aliphatic heterocycles. The Morgan fingerprint density at radius 3 is 2.47 bits per heavy atom. The normalized spacial score (nSPS) is 22.5. The zero-order valence-corrected chi connectivity index (χ0v) is 18.6. The minimum atomic E-state index is -3.58. The molecule has 1 aromatic carbocycles. The summed E-state index contributed by atoms with van der Waals surface area (Å²) in [5, 5.41) is 3.03. The van der Waals surface area contributed by atoms with Crippen molar-refractivity contribution in [2.45, 2.75) is 43.7 Å². The molecular formula is C21H33N3O5S. The van der Waals surface area contributed by atoms with Crippen molar-refractivity contribution >= 4 is 15.9 Å². The van der Waals surface area contributed by atoms with Crippen LogP contribution in [0.1, 0.15) is 37.0 Å². The summed E-state index contributed by atoms with van der Waals surface area (Å²) in [5.41, 5.74) is 0.445. The molecule has 8 nitrogen and oxygen atoms in total. The van der Waals surface area contributed by atoms with E-state index in [9.17, 15) is 13.2 Å². The second-order valence-electron chi connectivity index (χ2n) is 8.00. The quantitative estimate of drug-likeness (QED) is 0.601. The van der Waals surface area contributed by atoms with Crippen LogP contribution in [0.5, 0.6) is 0 Å². The lowest BCUT2D eigenvalue weighted by atomic mass is 9.96. The lowest BCUT2D eigenvalue weighted by Gasteiger charge is -2.37. The van der Waals surface area contributed by atoms with Gasteiger partial charge in [-0.1, -0.05) is 6.92 Å². The fraction of sp³-hybridized carbons (Fsp3) is 0.667. The first kappa shape index (κ1) is 23.1. The van der Waals surface area contributed by atoms with Gasteiger partial charge in [-0.15, -0.1) is 0 Å². The Balaban J connectivity index is 1.61. The molecule has 2 heterocycles. The molecule has 2 saturated heterocycles. The van der Waals surface area contributed by atoms with Crippen LogP contribution in [0.3, 0.4) is 0 Å². The predicted octanol–water partition coefficient (Wildman–Crippen LogP) is 1.23. The molecule has 2 N–H and O–H groups in total. The monoisotopic (exact) mass is 439 g/mol. The highest BCUT2D eigenvalue weighted by Gasteiger charge is 2.31. The highest BCUT2D eigenvalue weighted by molar-refractivity contribution is 7.89. The van der Waals surface area contributed by atoms with Crippen molar-refractivity contribution in [2.75, 3.05) is 46.1 Å². The van der Waals surface area contributed by atoms with Gasteiger partial charge in [-0.05, 0) is 44.0 Å². The molecule has 9 heteroatoms. The minimum Gasteiger partial charge on any atom is -0.381 e. The van der Waals surface area contributed by atoms with Gasteiger partial charge in [0.2, 0.25) is 10.0 Å². The van der Waals surface area contributed by atoms with Gasteiger partial charge < -0.3 is 14.8 Å². The second-order valence-corrected chi connectivity index (χ2v) is 9.72. The third kappa shape index (κ3) is 6.01. The van der Waals surface area contributed by atoms with Crippen molar-refractivity contribution in [3.63, 3.8) is 0 Å². The van der Waals surface area contributed by atoms with Crippen molar-refractivity contribution in [3.8, 4) is 0 Å². The van der Waals surface area contributed by atoms with Gasteiger partial charge in [0.05, 0.1) is 24.7 Å². The molecule has 2 fully saturated rings. The fourth-order valence-corrected chi connectivity index (χ4v) is 5.19. The largest absolute Gasteiger partial charge is 0.381 e. The number of carbonyl (C=O) groups excluding carboxylic acids is 1. The zero-order valence-electron chi connectivity index (χ0n) is 17.8. The first-order valence-electron chi connectivity index (χ1n) is 10.7. The number of amides is 1. The summed E-state index contributed by atoms with van der Waals surface area (Å²) in [6, 6.07) is 6.13. The average molecular weight is 440 g/mol. The molecule has 0 bridgehead atoms. The van der Waals surface area contributed by atoms with E-state index in [1.807, 2.05) is 13.8 Å². The lowest BCUT2D eigenvalue weighted by molar-refractivity contribution is 0.00166. The van der Waals surface area contributed by atoms with Crippen LogP contribution in [0, 0.1) is 5.92 Å². The number of ether oxygens (including phenoxy) is 2. The SMILES string of the molecule is CCC(C)NS(=O)(=O)c1ccc(C(=O)NCC(C2CCOC2)N2CCOCC2)cc1. The average Bonchev–Trinajstić information content (AvgIpc) is 3.29. The molecule has 0 aliphatic carbocycles. The molecular weight excluding hydrogens is 406 g/mol. The summed E-state index contributed by atoms with van der Waals surface area (Å²) >= 11 is 0.